The maximum Gasteiger partial charge on any atom is 0.223 e. The molecule has 0 bridgehead atoms. The highest BCUT2D eigenvalue weighted by Gasteiger charge is 2.27. The molecule has 0 spiro atoms. The van der Waals surface area contributed by atoms with Crippen molar-refractivity contribution >= 4 is 5.91 Å². The van der Waals surface area contributed by atoms with Crippen LogP contribution in [0.25, 0.3) is 0 Å². The average molecular weight is 222 g/mol. The van der Waals surface area contributed by atoms with E-state index in [1.54, 1.807) is 0 Å². The van der Waals surface area contributed by atoms with E-state index in [1.165, 1.54) is 0 Å². The summed E-state index contributed by atoms with van der Waals surface area (Å²) in [6, 6.07) is 0.256. The molecule has 2 atom stereocenters. The predicted octanol–water partition coefficient (Wildman–Crippen LogP) is 0.824. The van der Waals surface area contributed by atoms with Crippen LogP contribution >= 0.6 is 0 Å². The molecule has 0 aliphatic heterocycles. The Bertz CT molecular complexity index is 374. The molecule has 0 aromatic carbocycles. The number of rotatable bonds is 3. The number of aromatic amines is 1. The molecule has 1 aromatic heterocycles. The summed E-state index contributed by atoms with van der Waals surface area (Å²) in [5.74, 6) is 0.217. The second-order valence-corrected chi connectivity index (χ2v) is 4.47. The molecular formula is C11H18N4O. The number of aryl methyl sites for hydroxylation is 1. The predicted molar refractivity (Wildman–Crippen MR) is 59.8 cm³/mol. The molecule has 0 fully saturated rings. The summed E-state index contributed by atoms with van der Waals surface area (Å²) in [5, 5.41) is 13.8. The summed E-state index contributed by atoms with van der Waals surface area (Å²) in [6.07, 6.45) is 3.41. The Balaban J connectivity index is 1.95. The molecule has 2 unspecified atom stereocenters. The third kappa shape index (κ3) is 2.23. The van der Waals surface area contributed by atoms with Gasteiger partial charge in [-0.1, -0.05) is 6.92 Å². The van der Waals surface area contributed by atoms with E-state index < -0.39 is 0 Å². The van der Waals surface area contributed by atoms with Crippen molar-refractivity contribution in [3.05, 3.63) is 11.4 Å². The van der Waals surface area contributed by atoms with Crippen molar-refractivity contribution in [3.8, 4) is 0 Å². The summed E-state index contributed by atoms with van der Waals surface area (Å²) in [5.41, 5.74) is 1.98. The average Bonchev–Trinajstić information content (AvgIpc) is 2.75. The molecule has 88 valence electrons. The van der Waals surface area contributed by atoms with Crippen molar-refractivity contribution in [2.45, 2.75) is 45.6 Å². The maximum atomic E-state index is 11.9. The third-order valence-corrected chi connectivity index (χ3v) is 3.24. The van der Waals surface area contributed by atoms with Gasteiger partial charge in [0.15, 0.2) is 0 Å². The molecule has 2 rings (SSSR count). The number of hydrogen-bond acceptors (Lipinski definition) is 3. The van der Waals surface area contributed by atoms with E-state index in [9.17, 15) is 4.79 Å². The van der Waals surface area contributed by atoms with Crippen molar-refractivity contribution in [2.75, 3.05) is 0 Å². The van der Waals surface area contributed by atoms with Gasteiger partial charge in [-0.25, -0.2) is 0 Å². The molecule has 0 radical (unpaired) electrons. The third-order valence-electron chi connectivity index (χ3n) is 3.24. The Labute approximate surface area is 95.0 Å². The molecule has 0 saturated heterocycles. The summed E-state index contributed by atoms with van der Waals surface area (Å²) >= 11 is 0. The summed E-state index contributed by atoms with van der Waals surface area (Å²) in [7, 11) is 0. The number of carbonyl (C=O) groups is 1. The van der Waals surface area contributed by atoms with Gasteiger partial charge in [0.25, 0.3) is 0 Å². The number of nitrogens with one attached hydrogen (secondary N) is 2. The van der Waals surface area contributed by atoms with Crippen LogP contribution in [0.1, 0.15) is 38.1 Å². The van der Waals surface area contributed by atoms with Gasteiger partial charge in [-0.15, -0.1) is 0 Å². The maximum absolute atomic E-state index is 11.9. The van der Waals surface area contributed by atoms with E-state index in [0.29, 0.717) is 6.42 Å². The van der Waals surface area contributed by atoms with Crippen LogP contribution in [0.3, 0.4) is 0 Å². The number of aromatic nitrogens is 3. The van der Waals surface area contributed by atoms with Crippen LogP contribution in [0, 0.1) is 5.92 Å². The Hall–Kier alpha value is -1.39. The van der Waals surface area contributed by atoms with Gasteiger partial charge in [0, 0.05) is 18.4 Å². The van der Waals surface area contributed by atoms with Crippen molar-refractivity contribution in [2.24, 2.45) is 5.92 Å². The lowest BCUT2D eigenvalue weighted by atomic mass is 9.89. The Morgan fingerprint density at radius 1 is 1.56 bits per heavy atom. The first-order valence-electron chi connectivity index (χ1n) is 5.89. The largest absolute Gasteiger partial charge is 0.353 e. The highest BCUT2D eigenvalue weighted by Crippen LogP contribution is 2.22. The molecule has 2 N–H and O–H groups in total. The quantitative estimate of drug-likeness (QED) is 0.795. The van der Waals surface area contributed by atoms with E-state index >= 15 is 0 Å². The van der Waals surface area contributed by atoms with Crippen LogP contribution in [0.5, 0.6) is 0 Å². The molecule has 16 heavy (non-hydrogen) atoms. The second-order valence-electron chi connectivity index (χ2n) is 4.47. The second kappa shape index (κ2) is 4.63. The molecule has 1 aromatic rings. The topological polar surface area (TPSA) is 70.7 Å². The van der Waals surface area contributed by atoms with Crippen LogP contribution < -0.4 is 5.32 Å². The van der Waals surface area contributed by atoms with Crippen molar-refractivity contribution in [3.63, 3.8) is 0 Å². The van der Waals surface area contributed by atoms with Gasteiger partial charge in [0.2, 0.25) is 5.91 Å². The molecule has 1 amide bonds. The molecule has 5 heteroatoms. The molecule has 1 aliphatic carbocycles. The van der Waals surface area contributed by atoms with Gasteiger partial charge < -0.3 is 5.32 Å². The lowest BCUT2D eigenvalue weighted by Crippen LogP contribution is -2.39. The van der Waals surface area contributed by atoms with Gasteiger partial charge in [0.1, 0.15) is 0 Å². The van der Waals surface area contributed by atoms with Crippen LogP contribution in [-0.2, 0) is 17.6 Å². The Morgan fingerprint density at radius 3 is 3.06 bits per heavy atom. The van der Waals surface area contributed by atoms with Gasteiger partial charge >= 0.3 is 0 Å². The van der Waals surface area contributed by atoms with E-state index in [1.807, 2.05) is 6.92 Å². The summed E-state index contributed by atoms with van der Waals surface area (Å²) < 4.78 is 0. The van der Waals surface area contributed by atoms with Crippen LogP contribution in [-0.4, -0.2) is 27.4 Å². The number of fused-ring (bicyclic) bond motifs is 1. The Morgan fingerprint density at radius 2 is 2.31 bits per heavy atom. The smallest absolute Gasteiger partial charge is 0.223 e. The van der Waals surface area contributed by atoms with E-state index in [2.05, 4.69) is 27.7 Å². The minimum Gasteiger partial charge on any atom is -0.353 e. The van der Waals surface area contributed by atoms with Gasteiger partial charge in [-0.05, 0) is 26.2 Å². The zero-order valence-electron chi connectivity index (χ0n) is 9.79. The first-order valence-corrected chi connectivity index (χ1v) is 5.89. The number of carbonyl (C=O) groups excluding carboxylic acids is 1. The molecular weight excluding hydrogens is 204 g/mol. The standard InChI is InChI=1S/C11H18N4O/c1-3-7(2)12-11(16)8-4-5-9-10(6-8)14-15-13-9/h7-8H,3-6H2,1-2H3,(H,12,16)(H,13,14,15). The molecule has 5 nitrogen and oxygen atoms in total. The summed E-state index contributed by atoms with van der Waals surface area (Å²) in [4.78, 5) is 11.9. The highest BCUT2D eigenvalue weighted by atomic mass is 16.1. The van der Waals surface area contributed by atoms with Crippen LogP contribution in [0.2, 0.25) is 0 Å². The number of nitrogens with zero attached hydrogens (tertiary/aromatic N) is 2. The van der Waals surface area contributed by atoms with Gasteiger partial charge in [-0.3, -0.25) is 4.79 Å². The first-order chi connectivity index (χ1) is 7.70. The first kappa shape index (κ1) is 11.1. The summed E-state index contributed by atoms with van der Waals surface area (Å²) in [6.45, 7) is 4.10. The zero-order chi connectivity index (χ0) is 11.5. The van der Waals surface area contributed by atoms with Crippen molar-refractivity contribution in [1.82, 2.24) is 20.7 Å². The number of amides is 1. The zero-order valence-corrected chi connectivity index (χ0v) is 9.79. The lowest BCUT2D eigenvalue weighted by Gasteiger charge is -2.21. The van der Waals surface area contributed by atoms with Gasteiger partial charge in [-0.2, -0.15) is 15.4 Å². The van der Waals surface area contributed by atoms with Crippen LogP contribution in [0.15, 0.2) is 0 Å². The van der Waals surface area contributed by atoms with Gasteiger partial charge in [0.05, 0.1) is 11.4 Å². The highest BCUT2D eigenvalue weighted by molar-refractivity contribution is 5.79. The number of hydrogen-bond donors (Lipinski definition) is 2. The number of H-pyrrole nitrogens is 1. The molecule has 0 saturated carbocycles. The van der Waals surface area contributed by atoms with Crippen molar-refractivity contribution < 1.29 is 4.79 Å². The fraction of sp³-hybridized carbons (Fsp3) is 0.727. The SMILES string of the molecule is CCC(C)NC(=O)C1CCc2n[nH]nc2C1. The van der Waals surface area contributed by atoms with E-state index in [-0.39, 0.29) is 17.9 Å². The molecule has 1 aliphatic rings. The van der Waals surface area contributed by atoms with Crippen molar-refractivity contribution in [1.29, 1.82) is 0 Å². The van der Waals surface area contributed by atoms with E-state index in [4.69, 9.17) is 0 Å². The fourth-order valence-electron chi connectivity index (χ4n) is 1.97. The molecule has 1 heterocycles. The minimum atomic E-state index is 0.0617. The minimum absolute atomic E-state index is 0.0617. The van der Waals surface area contributed by atoms with E-state index in [0.717, 1.165) is 30.7 Å². The Kier molecular flexibility index (Phi) is 3.22. The monoisotopic (exact) mass is 222 g/mol. The van der Waals surface area contributed by atoms with Crippen LogP contribution in [0.4, 0.5) is 0 Å². The fourth-order valence-corrected chi connectivity index (χ4v) is 1.97. The normalized spacial score (nSPS) is 21.2. The lowest BCUT2D eigenvalue weighted by molar-refractivity contribution is -0.126.